The maximum Gasteiger partial charge on any atom is 0.460 e. The number of benzene rings is 1. The fourth-order valence-corrected chi connectivity index (χ4v) is 5.30. The first-order valence-corrected chi connectivity index (χ1v) is 13.2. The Hall–Kier alpha value is -2.54. The van der Waals surface area contributed by atoms with Gasteiger partial charge in [0.2, 0.25) is 9.84 Å². The quantitative estimate of drug-likeness (QED) is 0.223. The Morgan fingerprint density at radius 3 is 1.26 bits per heavy atom. The zero-order valence-electron chi connectivity index (χ0n) is 21.8. The van der Waals surface area contributed by atoms with Crippen LogP contribution in [0.5, 0.6) is 0 Å². The number of aliphatic hydroxyl groups excluding tert-OH is 1. The van der Waals surface area contributed by atoms with E-state index in [1.54, 1.807) is 0 Å². The Labute approximate surface area is 247 Å². The highest BCUT2D eigenvalue weighted by Crippen LogP contribution is 2.66. The molecule has 0 amide bonds. The molecular weight excluding hydrogens is 745 g/mol. The normalized spacial score (nSPS) is 19.0. The maximum absolute atomic E-state index is 14.5. The van der Waals surface area contributed by atoms with E-state index >= 15 is 0 Å². The van der Waals surface area contributed by atoms with Crippen molar-refractivity contribution in [2.75, 3.05) is 18.1 Å². The van der Waals surface area contributed by atoms with E-state index in [9.17, 15) is 106 Å². The smallest absolute Gasteiger partial charge is 0.394 e. The van der Waals surface area contributed by atoms with Gasteiger partial charge in [-0.2, -0.15) is 92.2 Å². The predicted molar refractivity (Wildman–Crippen MR) is 112 cm³/mol. The van der Waals surface area contributed by atoms with Gasteiger partial charge in [-0.15, -0.1) is 0 Å². The molecule has 0 radical (unpaired) electrons. The lowest BCUT2D eigenvalue weighted by Gasteiger charge is -2.44. The largest absolute Gasteiger partial charge is 0.460 e. The molecule has 1 aliphatic rings. The Balaban J connectivity index is 2.65. The average Bonchev–Trinajstić information content (AvgIpc) is 3.40. The Morgan fingerprint density at radius 2 is 0.915 bits per heavy atom. The highest BCUT2D eigenvalue weighted by atomic mass is 32.2. The first-order chi connectivity index (χ1) is 20.5. The Kier molecular flexibility index (Phi) is 9.72. The number of rotatable bonds is 12. The molecule has 1 atom stereocenters. The maximum atomic E-state index is 14.5. The molecule has 0 aliphatic carbocycles. The van der Waals surface area contributed by atoms with Gasteiger partial charge in [0, 0.05) is 12.2 Å². The summed E-state index contributed by atoms with van der Waals surface area (Å²) in [6.07, 6.45) is -7.42. The second kappa shape index (κ2) is 11.2. The second-order valence-electron chi connectivity index (χ2n) is 9.78. The summed E-state index contributed by atoms with van der Waals surface area (Å²) in [6.45, 7) is -0.448. The molecule has 4 nitrogen and oxygen atoms in total. The van der Waals surface area contributed by atoms with Crippen molar-refractivity contribution >= 4 is 15.5 Å². The van der Waals surface area contributed by atoms with Gasteiger partial charge in [-0.25, -0.2) is 8.42 Å². The summed E-state index contributed by atoms with van der Waals surface area (Å²) in [6, 6.07) is 0.148. The fourth-order valence-electron chi connectivity index (χ4n) is 4.04. The van der Waals surface area contributed by atoms with Crippen molar-refractivity contribution in [1.82, 2.24) is 0 Å². The van der Waals surface area contributed by atoms with Crippen LogP contribution in [0.4, 0.5) is 97.9 Å². The van der Waals surface area contributed by atoms with E-state index in [4.69, 9.17) is 0 Å². The predicted octanol–water partition coefficient (Wildman–Crippen LogP) is 7.66. The van der Waals surface area contributed by atoms with Gasteiger partial charge in [0.1, 0.15) is 0 Å². The summed E-state index contributed by atoms with van der Waals surface area (Å²) in [5, 5.41) is 1.45. The van der Waals surface area contributed by atoms with Crippen LogP contribution >= 0.6 is 0 Å². The number of anilines is 1. The summed E-state index contributed by atoms with van der Waals surface area (Å²) in [7, 11) is -7.56. The van der Waals surface area contributed by atoms with E-state index in [1.807, 2.05) is 0 Å². The summed E-state index contributed by atoms with van der Waals surface area (Å²) in [5.41, 5.74) is -0.164. The van der Waals surface area contributed by atoms with Crippen LogP contribution in [0.3, 0.4) is 0 Å². The number of halogens is 21. The van der Waals surface area contributed by atoms with E-state index in [-0.39, 0.29) is 24.4 Å². The lowest BCUT2D eigenvalue weighted by atomic mass is 9.87. The highest BCUT2D eigenvalue weighted by Gasteiger charge is 2.98. The van der Waals surface area contributed by atoms with Crippen LogP contribution in [0, 0.1) is 0 Å². The number of hydrogen-bond donors (Lipinski definition) is 1. The molecule has 47 heavy (non-hydrogen) atoms. The number of alkyl halides is 21. The third kappa shape index (κ3) is 5.23. The topological polar surface area (TPSA) is 57.6 Å². The lowest BCUT2D eigenvalue weighted by molar-refractivity contribution is -0.472. The van der Waals surface area contributed by atoms with Crippen LogP contribution in [0.25, 0.3) is 0 Å². The van der Waals surface area contributed by atoms with Crippen LogP contribution in [-0.2, 0) is 9.84 Å². The molecule has 1 aliphatic heterocycles. The molecule has 1 aromatic carbocycles. The molecule has 1 fully saturated rings. The lowest BCUT2D eigenvalue weighted by Crippen LogP contribution is -2.77. The van der Waals surface area contributed by atoms with Crippen molar-refractivity contribution in [2.45, 2.75) is 82.6 Å². The van der Waals surface area contributed by atoms with Crippen molar-refractivity contribution < 1.29 is 106 Å². The SMILES string of the molecule is O=S(=O)(c1ccc(N2CCC[C@H]2CO)cc1)C(F)(F)C(F)(F)C(F)(F)C(F)(F)C(F)(F)C(F)(F)C(F)(F)C(F)(F)C(F)(F)C(F)(F)F. The standard InChI is InChI=1S/C21H14F21NO3S/c22-12(23,14(26,27)16(30,31)18(34,35)20(38,39)40)13(24,25)15(28,29)17(32,33)19(36,37)21(41,42)47(45,46)11-5-3-9(4-6-11)43-7-1-2-10(43)8-44/h3-6,10,44H,1-2,7-8H2/t10-/m0/s1. The van der Waals surface area contributed by atoms with Crippen LogP contribution in [0.1, 0.15) is 12.8 Å². The molecule has 2 rings (SSSR count). The average molecular weight is 759 g/mol. The van der Waals surface area contributed by atoms with Gasteiger partial charge < -0.3 is 10.0 Å². The molecule has 0 spiro atoms. The van der Waals surface area contributed by atoms with Crippen molar-refractivity contribution in [2.24, 2.45) is 0 Å². The molecule has 0 bridgehead atoms. The minimum absolute atomic E-state index is 0.0795. The van der Waals surface area contributed by atoms with Crippen molar-refractivity contribution in [3.63, 3.8) is 0 Å². The summed E-state index contributed by atoms with van der Waals surface area (Å²) in [4.78, 5) is -0.924. The Bertz CT molecular complexity index is 1410. The van der Waals surface area contributed by atoms with Gasteiger partial charge in [-0.05, 0) is 37.1 Å². The minimum Gasteiger partial charge on any atom is -0.394 e. The van der Waals surface area contributed by atoms with E-state index < -0.39 is 86.2 Å². The molecule has 1 saturated heterocycles. The molecule has 1 aromatic rings. The van der Waals surface area contributed by atoms with Crippen molar-refractivity contribution in [3.05, 3.63) is 24.3 Å². The van der Waals surface area contributed by atoms with Gasteiger partial charge in [0.05, 0.1) is 17.5 Å². The van der Waals surface area contributed by atoms with Gasteiger partial charge in [-0.3, -0.25) is 0 Å². The van der Waals surface area contributed by atoms with Gasteiger partial charge in [0.25, 0.3) is 0 Å². The van der Waals surface area contributed by atoms with Crippen LogP contribution in [-0.4, -0.2) is 91.5 Å². The highest BCUT2D eigenvalue weighted by molar-refractivity contribution is 7.92. The fraction of sp³-hybridized carbons (Fsp3) is 0.714. The van der Waals surface area contributed by atoms with Gasteiger partial charge >= 0.3 is 58.8 Å². The zero-order chi connectivity index (χ0) is 37.5. The molecule has 1 heterocycles. The van der Waals surface area contributed by atoms with Crippen LogP contribution < -0.4 is 4.90 Å². The van der Waals surface area contributed by atoms with E-state index in [2.05, 4.69) is 0 Å². The molecule has 274 valence electrons. The van der Waals surface area contributed by atoms with Crippen LogP contribution in [0.15, 0.2) is 29.2 Å². The van der Waals surface area contributed by atoms with Crippen molar-refractivity contribution in [1.29, 1.82) is 0 Å². The first kappa shape index (κ1) is 40.6. The van der Waals surface area contributed by atoms with E-state index in [0.29, 0.717) is 25.0 Å². The first-order valence-electron chi connectivity index (χ1n) is 11.7. The second-order valence-corrected chi connectivity index (χ2v) is 11.8. The van der Waals surface area contributed by atoms with E-state index in [1.165, 1.54) is 4.90 Å². The third-order valence-corrected chi connectivity index (χ3v) is 8.71. The zero-order valence-corrected chi connectivity index (χ0v) is 22.6. The monoisotopic (exact) mass is 759 g/mol. The minimum atomic E-state index is -9.37. The summed E-state index contributed by atoms with van der Waals surface area (Å²) in [5.74, 6) is -72.4. The van der Waals surface area contributed by atoms with Crippen molar-refractivity contribution in [3.8, 4) is 0 Å². The summed E-state index contributed by atoms with van der Waals surface area (Å²) >= 11 is 0. The third-order valence-electron chi connectivity index (χ3n) is 6.89. The molecular formula is C21H14F21NO3S. The number of hydrogen-bond acceptors (Lipinski definition) is 4. The molecule has 26 heteroatoms. The molecule has 1 N–H and O–H groups in total. The molecule has 0 unspecified atom stereocenters. The molecule has 0 aromatic heterocycles. The number of sulfone groups is 1. The van der Waals surface area contributed by atoms with Gasteiger partial charge in [-0.1, -0.05) is 0 Å². The number of aliphatic hydroxyl groups is 1. The number of nitrogens with zero attached hydrogens (tertiary/aromatic N) is 1. The molecule has 0 saturated carbocycles. The summed E-state index contributed by atoms with van der Waals surface area (Å²) < 4.78 is 309. The van der Waals surface area contributed by atoms with Gasteiger partial charge in [0.15, 0.2) is 0 Å². The van der Waals surface area contributed by atoms with Crippen LogP contribution in [0.2, 0.25) is 0 Å². The Morgan fingerprint density at radius 1 is 0.574 bits per heavy atom. The van der Waals surface area contributed by atoms with E-state index in [0.717, 1.165) is 0 Å².